The van der Waals surface area contributed by atoms with Crippen molar-refractivity contribution >= 4 is 63.0 Å². The van der Waals surface area contributed by atoms with E-state index in [1.807, 2.05) is 0 Å². The zero-order valence-electron chi connectivity index (χ0n) is 37.0. The average molecular weight is 838 g/mol. The van der Waals surface area contributed by atoms with Crippen LogP contribution < -0.4 is 4.90 Å². The number of nitrogens with zero attached hydrogens (tertiary/aromatic N) is 3. The Labute approximate surface area is 380 Å². The second-order valence-electron chi connectivity index (χ2n) is 15.9. The first-order chi connectivity index (χ1) is 30.3. The van der Waals surface area contributed by atoms with Gasteiger partial charge in [0, 0.05) is 22.8 Å². The molecule has 312 valence electrons. The Kier molecular flexibility index (Phi) is 13.5. The van der Waals surface area contributed by atoms with E-state index >= 15 is 0 Å². The van der Waals surface area contributed by atoms with Crippen molar-refractivity contribution in [3.63, 3.8) is 0 Å². The maximum atomic E-state index is 5.07. The monoisotopic (exact) mass is 837 g/mol. The molecule has 7 aromatic rings. The molecule has 6 aromatic carbocycles. The Morgan fingerprint density at radius 1 is 0.714 bits per heavy atom. The first-order valence-corrected chi connectivity index (χ1v) is 21.5. The van der Waals surface area contributed by atoms with Crippen molar-refractivity contribution in [2.75, 3.05) is 4.90 Å². The molecule has 4 heteroatoms. The van der Waals surface area contributed by atoms with Gasteiger partial charge in [-0.05, 0) is 180 Å². The number of imidazole rings is 1. The fourth-order valence-electron chi connectivity index (χ4n) is 9.16. The van der Waals surface area contributed by atoms with Gasteiger partial charge in [-0.15, -0.1) is 12.8 Å². The van der Waals surface area contributed by atoms with Crippen LogP contribution in [0.3, 0.4) is 0 Å². The van der Waals surface area contributed by atoms with Crippen LogP contribution in [0.15, 0.2) is 188 Å². The van der Waals surface area contributed by atoms with Crippen LogP contribution in [0.2, 0.25) is 0 Å². The number of aryl methyl sites for hydroxylation is 2. The minimum absolute atomic E-state index is 0. The number of terminal acetylenes is 1. The Balaban J connectivity index is 0.00000196. The second-order valence-corrected chi connectivity index (χ2v) is 15.9. The summed E-state index contributed by atoms with van der Waals surface area (Å²) in [7, 11) is 0. The van der Waals surface area contributed by atoms with Gasteiger partial charge in [0.15, 0.2) is 0 Å². The first kappa shape index (κ1) is 44.0. The van der Waals surface area contributed by atoms with E-state index in [1.165, 1.54) is 66.1 Å². The highest BCUT2D eigenvalue weighted by molar-refractivity contribution is 7.59. The lowest BCUT2D eigenvalue weighted by molar-refractivity contribution is 1.03. The summed E-state index contributed by atoms with van der Waals surface area (Å²) in [4.78, 5) is 7.30. The van der Waals surface area contributed by atoms with E-state index in [4.69, 9.17) is 4.98 Å². The molecule has 2 aliphatic rings. The molecule has 0 N–H and O–H groups in total. The summed E-state index contributed by atoms with van der Waals surface area (Å²) in [5.41, 5.74) is 17.4. The highest BCUT2D eigenvalue weighted by atomic mass is 32.1. The van der Waals surface area contributed by atoms with Gasteiger partial charge in [0.05, 0.1) is 11.0 Å². The van der Waals surface area contributed by atoms with Crippen molar-refractivity contribution in [3.05, 3.63) is 205 Å². The highest BCUT2D eigenvalue weighted by Crippen LogP contribution is 2.46. The zero-order valence-corrected chi connectivity index (χ0v) is 38.0. The van der Waals surface area contributed by atoms with E-state index in [1.54, 1.807) is 0 Å². The van der Waals surface area contributed by atoms with Crippen molar-refractivity contribution in [1.29, 1.82) is 0 Å². The molecule has 1 aromatic heterocycles. The van der Waals surface area contributed by atoms with Gasteiger partial charge < -0.3 is 4.90 Å². The van der Waals surface area contributed by atoms with Crippen LogP contribution in [-0.2, 0) is 0 Å². The van der Waals surface area contributed by atoms with E-state index in [0.29, 0.717) is 0 Å². The van der Waals surface area contributed by atoms with Crippen LogP contribution in [0.5, 0.6) is 0 Å². The molecule has 0 aliphatic heterocycles. The number of hydrogen-bond acceptors (Lipinski definition) is 2. The lowest BCUT2D eigenvalue weighted by Gasteiger charge is -2.28. The fourth-order valence-corrected chi connectivity index (χ4v) is 9.16. The Morgan fingerprint density at radius 3 is 2.05 bits per heavy atom. The molecule has 0 saturated carbocycles. The molecule has 0 radical (unpaired) electrons. The standard InChI is InChI=1S/C57H51N3.C2H2.H2S/c1-7-19-47(8-2)59(38(3)4)54-32-28-43(34-39(54)5)44-26-30-49-51(35-44)56(41-20-13-11-14-21-41)50-31-27-45(36-52(50)57(49)42-22-15-12-16-23-42)46-29-33-55-53(37-46)58-40(6)60(55)48-24-17-9-10-18-25-48;1-2;/h7-9,11,13-15,17-37H,3,10,12,16H2,1-2,4-6H3;1-2H;1H2/b19-7-,47-8+;;. The van der Waals surface area contributed by atoms with Gasteiger partial charge in [-0.25, -0.2) is 4.98 Å². The summed E-state index contributed by atoms with van der Waals surface area (Å²) < 4.78 is 2.26. The van der Waals surface area contributed by atoms with E-state index in [2.05, 4.69) is 233 Å². The van der Waals surface area contributed by atoms with E-state index in [-0.39, 0.29) is 13.5 Å². The molecule has 0 saturated heterocycles. The maximum Gasteiger partial charge on any atom is 0.111 e. The quantitative estimate of drug-likeness (QED) is 0.0820. The molecular formula is C59H55N3S. The smallest absolute Gasteiger partial charge is 0.111 e. The number of anilines is 1. The third-order valence-corrected chi connectivity index (χ3v) is 11.9. The summed E-state index contributed by atoms with van der Waals surface area (Å²) >= 11 is 0. The summed E-state index contributed by atoms with van der Waals surface area (Å²) in [6.45, 7) is 14.8. The van der Waals surface area contributed by atoms with Crippen LogP contribution in [0, 0.1) is 26.7 Å². The first-order valence-electron chi connectivity index (χ1n) is 21.5. The number of aromatic nitrogens is 2. The minimum Gasteiger partial charge on any atom is -0.315 e. The van der Waals surface area contributed by atoms with Crippen LogP contribution >= 0.6 is 13.5 Å². The van der Waals surface area contributed by atoms with Gasteiger partial charge in [-0.2, -0.15) is 13.5 Å². The lowest BCUT2D eigenvalue weighted by atomic mass is 9.83. The number of allylic oxidation sites excluding steroid dienone is 14. The van der Waals surface area contributed by atoms with Gasteiger partial charge in [-0.1, -0.05) is 122 Å². The summed E-state index contributed by atoms with van der Waals surface area (Å²) in [6.07, 6.45) is 35.3. The molecule has 0 amide bonds. The molecule has 0 fully saturated rings. The van der Waals surface area contributed by atoms with E-state index < -0.39 is 0 Å². The van der Waals surface area contributed by atoms with Gasteiger partial charge >= 0.3 is 0 Å². The highest BCUT2D eigenvalue weighted by Gasteiger charge is 2.21. The van der Waals surface area contributed by atoms with Gasteiger partial charge in [0.1, 0.15) is 5.82 Å². The molecule has 9 rings (SSSR count). The molecule has 0 atom stereocenters. The molecular weight excluding hydrogens is 783 g/mol. The normalized spacial score (nSPS) is 13.7. The van der Waals surface area contributed by atoms with Crippen molar-refractivity contribution in [1.82, 2.24) is 9.55 Å². The molecule has 3 nitrogen and oxygen atoms in total. The Morgan fingerprint density at radius 2 is 1.38 bits per heavy atom. The van der Waals surface area contributed by atoms with Crippen molar-refractivity contribution in [3.8, 4) is 46.2 Å². The summed E-state index contributed by atoms with van der Waals surface area (Å²) in [6, 6.07) is 38.7. The van der Waals surface area contributed by atoms with Crippen molar-refractivity contribution < 1.29 is 0 Å². The SMILES string of the molecule is C#C.C=C(C)N(C(/C=C\C)=C/C)c1ccc(-c2ccc3c(C4=CCCC=C4)c4cc(-c5ccc6c(c5)nc(C)n6C5=CC=CCC=C5)ccc4c(-c4ccccc4)c3c2)cc1C.S. The largest absolute Gasteiger partial charge is 0.315 e. The molecule has 63 heavy (non-hydrogen) atoms. The Hall–Kier alpha value is -7.06. The Bertz CT molecular complexity index is 3120. The molecule has 0 bridgehead atoms. The van der Waals surface area contributed by atoms with Crippen molar-refractivity contribution in [2.45, 2.75) is 53.9 Å². The third-order valence-electron chi connectivity index (χ3n) is 11.9. The second kappa shape index (κ2) is 19.3. The predicted octanol–water partition coefficient (Wildman–Crippen LogP) is 16.2. The minimum atomic E-state index is 0. The van der Waals surface area contributed by atoms with Crippen LogP contribution in [0.4, 0.5) is 5.69 Å². The summed E-state index contributed by atoms with van der Waals surface area (Å²) in [5.74, 6) is 0.982. The van der Waals surface area contributed by atoms with Crippen LogP contribution in [0.1, 0.15) is 57.0 Å². The van der Waals surface area contributed by atoms with Gasteiger partial charge in [0.2, 0.25) is 0 Å². The van der Waals surface area contributed by atoms with Gasteiger partial charge in [-0.3, -0.25) is 4.57 Å². The molecule has 0 unspecified atom stereocenters. The van der Waals surface area contributed by atoms with E-state index in [0.717, 1.165) is 64.5 Å². The van der Waals surface area contributed by atoms with Crippen LogP contribution in [0.25, 0.3) is 77.2 Å². The number of rotatable bonds is 9. The van der Waals surface area contributed by atoms with Crippen molar-refractivity contribution in [2.24, 2.45) is 0 Å². The number of benzene rings is 6. The molecule has 1 heterocycles. The lowest BCUT2D eigenvalue weighted by Crippen LogP contribution is -2.19. The molecule has 2 aliphatic carbocycles. The predicted molar refractivity (Wildman–Crippen MR) is 280 cm³/mol. The number of hydrogen-bond donors (Lipinski definition) is 0. The average Bonchev–Trinajstić information content (AvgIpc) is 3.42. The third kappa shape index (κ3) is 8.46. The zero-order chi connectivity index (χ0) is 43.3. The van der Waals surface area contributed by atoms with E-state index in [9.17, 15) is 0 Å². The fraction of sp³-hybridized carbons (Fsp3) is 0.136. The van der Waals surface area contributed by atoms with Crippen LogP contribution in [-0.4, -0.2) is 9.55 Å². The van der Waals surface area contributed by atoms with Gasteiger partial charge in [0.25, 0.3) is 0 Å². The maximum absolute atomic E-state index is 5.07. The molecule has 0 spiro atoms. The summed E-state index contributed by atoms with van der Waals surface area (Å²) in [5, 5.41) is 5.02. The number of fused-ring (bicyclic) bond motifs is 3. The topological polar surface area (TPSA) is 21.1 Å².